The molecule has 0 spiro atoms. The second-order valence-corrected chi connectivity index (χ2v) is 2.97. The second-order valence-electron chi connectivity index (χ2n) is 2.97. The fourth-order valence-electron chi connectivity index (χ4n) is 1.09. The van der Waals surface area contributed by atoms with Gasteiger partial charge in [-0.05, 0) is 6.42 Å². The zero-order valence-corrected chi connectivity index (χ0v) is 8.22. The van der Waals surface area contributed by atoms with Crippen molar-refractivity contribution < 1.29 is 18.0 Å². The lowest BCUT2D eigenvalue weighted by molar-refractivity contribution is -0.167. The molecule has 0 aromatic carbocycles. The third-order valence-corrected chi connectivity index (χ3v) is 1.75. The quantitative estimate of drug-likeness (QED) is 0.822. The van der Waals surface area contributed by atoms with Crippen LogP contribution in [-0.4, -0.2) is 21.9 Å². The van der Waals surface area contributed by atoms with Gasteiger partial charge in [0, 0.05) is 13.2 Å². The minimum absolute atomic E-state index is 0.0994. The van der Waals surface area contributed by atoms with Gasteiger partial charge >= 0.3 is 12.1 Å². The lowest BCUT2D eigenvalue weighted by Crippen LogP contribution is -2.30. The zero-order chi connectivity index (χ0) is 11.6. The number of amides is 1. The van der Waals surface area contributed by atoms with Crippen LogP contribution in [0.3, 0.4) is 0 Å². The molecule has 0 unspecified atom stereocenters. The van der Waals surface area contributed by atoms with Crippen molar-refractivity contribution in [1.82, 2.24) is 9.78 Å². The molecule has 1 heterocycles. The van der Waals surface area contributed by atoms with Gasteiger partial charge in [-0.3, -0.25) is 9.48 Å². The van der Waals surface area contributed by atoms with E-state index in [9.17, 15) is 18.0 Å². The summed E-state index contributed by atoms with van der Waals surface area (Å²) in [5, 5.41) is 5.67. The predicted molar refractivity (Wildman–Crippen MR) is 47.3 cm³/mol. The number of rotatable bonds is 2. The molecule has 7 heteroatoms. The molecule has 0 bridgehead atoms. The first-order valence-electron chi connectivity index (χ1n) is 4.25. The van der Waals surface area contributed by atoms with Gasteiger partial charge in [-0.25, -0.2) is 0 Å². The van der Waals surface area contributed by atoms with E-state index in [1.165, 1.54) is 10.9 Å². The Labute approximate surface area is 84.1 Å². The lowest BCUT2D eigenvalue weighted by atomic mass is 10.3. The number of carbonyl (C=O) groups excluding carboxylic acids is 1. The highest BCUT2D eigenvalue weighted by Crippen LogP contribution is 2.20. The summed E-state index contributed by atoms with van der Waals surface area (Å²) in [7, 11) is 1.57. The number of alkyl halides is 3. The van der Waals surface area contributed by atoms with Crippen molar-refractivity contribution in [2.75, 3.05) is 5.32 Å². The average Bonchev–Trinajstić information content (AvgIpc) is 2.44. The first-order valence-corrected chi connectivity index (χ1v) is 4.25. The number of nitrogens with zero attached hydrogens (tertiary/aromatic N) is 2. The van der Waals surface area contributed by atoms with Crippen LogP contribution in [-0.2, 0) is 18.3 Å². The van der Waals surface area contributed by atoms with E-state index in [2.05, 4.69) is 5.10 Å². The normalized spacial score (nSPS) is 11.5. The Balaban J connectivity index is 2.85. The Morgan fingerprint density at radius 2 is 2.20 bits per heavy atom. The highest BCUT2D eigenvalue weighted by atomic mass is 19.4. The first kappa shape index (κ1) is 11.5. The van der Waals surface area contributed by atoms with E-state index in [4.69, 9.17) is 0 Å². The summed E-state index contributed by atoms with van der Waals surface area (Å²) in [4.78, 5) is 10.6. The molecular weight excluding hydrogens is 211 g/mol. The summed E-state index contributed by atoms with van der Waals surface area (Å²) >= 11 is 0. The van der Waals surface area contributed by atoms with E-state index in [0.717, 1.165) is 0 Å². The summed E-state index contributed by atoms with van der Waals surface area (Å²) in [5.74, 6) is -1.98. The van der Waals surface area contributed by atoms with Gasteiger partial charge in [0.1, 0.15) is 0 Å². The molecular formula is C8H10F3N3O. The molecule has 4 nitrogen and oxygen atoms in total. The molecule has 1 aromatic heterocycles. The van der Waals surface area contributed by atoms with Crippen LogP contribution in [0.5, 0.6) is 0 Å². The molecule has 0 aliphatic carbocycles. The largest absolute Gasteiger partial charge is 0.471 e. The van der Waals surface area contributed by atoms with Crippen LogP contribution in [0.2, 0.25) is 0 Å². The predicted octanol–water partition coefficient (Wildman–Crippen LogP) is 1.48. The van der Waals surface area contributed by atoms with Gasteiger partial charge in [0.05, 0.1) is 11.4 Å². The van der Waals surface area contributed by atoms with E-state index in [1.54, 1.807) is 19.3 Å². The number of aromatic nitrogens is 2. The van der Waals surface area contributed by atoms with Gasteiger partial charge in [-0.2, -0.15) is 18.3 Å². The minimum atomic E-state index is -4.87. The van der Waals surface area contributed by atoms with Crippen molar-refractivity contribution >= 4 is 11.6 Å². The molecule has 0 saturated carbocycles. The van der Waals surface area contributed by atoms with Crippen molar-refractivity contribution in [3.05, 3.63) is 11.9 Å². The van der Waals surface area contributed by atoms with Crippen molar-refractivity contribution in [2.24, 2.45) is 7.05 Å². The van der Waals surface area contributed by atoms with Crippen molar-refractivity contribution in [3.63, 3.8) is 0 Å². The molecule has 0 aliphatic rings. The number of anilines is 1. The van der Waals surface area contributed by atoms with E-state index >= 15 is 0 Å². The number of nitrogens with one attached hydrogen (secondary N) is 1. The molecule has 1 rings (SSSR count). The summed E-state index contributed by atoms with van der Waals surface area (Å²) in [6.07, 6.45) is -3.09. The number of hydrogen-bond acceptors (Lipinski definition) is 2. The van der Waals surface area contributed by atoms with Gasteiger partial charge in [0.25, 0.3) is 0 Å². The molecule has 0 aliphatic heterocycles. The van der Waals surface area contributed by atoms with E-state index in [1.807, 2.05) is 0 Å². The smallest absolute Gasteiger partial charge is 0.315 e. The lowest BCUT2D eigenvalue weighted by Gasteiger charge is -2.06. The van der Waals surface area contributed by atoms with Gasteiger partial charge in [0.2, 0.25) is 0 Å². The maximum Gasteiger partial charge on any atom is 0.471 e. The summed E-state index contributed by atoms with van der Waals surface area (Å²) in [6.45, 7) is 1.74. The van der Waals surface area contributed by atoms with Crippen LogP contribution in [0.15, 0.2) is 6.20 Å². The van der Waals surface area contributed by atoms with Gasteiger partial charge in [0.15, 0.2) is 0 Å². The monoisotopic (exact) mass is 221 g/mol. The maximum atomic E-state index is 11.9. The van der Waals surface area contributed by atoms with Gasteiger partial charge in [-0.1, -0.05) is 6.92 Å². The third-order valence-electron chi connectivity index (χ3n) is 1.75. The fourth-order valence-corrected chi connectivity index (χ4v) is 1.09. The SMILES string of the molecule is CCc1nn(C)cc1NC(=O)C(F)(F)F. The first-order chi connectivity index (χ1) is 6.84. The highest BCUT2D eigenvalue weighted by molar-refractivity contribution is 5.95. The summed E-state index contributed by atoms with van der Waals surface area (Å²) in [5.41, 5.74) is 0.525. The van der Waals surface area contributed by atoms with E-state index in [-0.39, 0.29) is 5.69 Å². The number of carbonyl (C=O) groups is 1. The second kappa shape index (κ2) is 3.92. The van der Waals surface area contributed by atoms with Crippen LogP contribution >= 0.6 is 0 Å². The molecule has 1 aromatic rings. The molecule has 0 fully saturated rings. The Morgan fingerprint density at radius 1 is 1.60 bits per heavy atom. The molecule has 1 N–H and O–H groups in total. The molecule has 15 heavy (non-hydrogen) atoms. The van der Waals surface area contributed by atoms with Gasteiger partial charge in [-0.15, -0.1) is 0 Å². The maximum absolute atomic E-state index is 11.9. The van der Waals surface area contributed by atoms with Crippen molar-refractivity contribution in [1.29, 1.82) is 0 Å². The zero-order valence-electron chi connectivity index (χ0n) is 8.22. The highest BCUT2D eigenvalue weighted by Gasteiger charge is 2.39. The molecule has 1 amide bonds. The Bertz CT molecular complexity index is 370. The van der Waals surface area contributed by atoms with Crippen LogP contribution in [0.4, 0.5) is 18.9 Å². The topological polar surface area (TPSA) is 46.9 Å². The Hall–Kier alpha value is -1.53. The Kier molecular flexibility index (Phi) is 3.01. The molecule has 0 saturated heterocycles. The Morgan fingerprint density at radius 3 is 2.67 bits per heavy atom. The van der Waals surface area contributed by atoms with Crippen LogP contribution in [0, 0.1) is 0 Å². The minimum Gasteiger partial charge on any atom is -0.315 e. The summed E-state index contributed by atoms with van der Waals surface area (Å²) in [6, 6.07) is 0. The van der Waals surface area contributed by atoms with Crippen LogP contribution in [0.1, 0.15) is 12.6 Å². The average molecular weight is 221 g/mol. The standard InChI is InChI=1S/C8H10F3N3O/c1-3-5-6(4-14(2)13-5)12-7(15)8(9,10)11/h4H,3H2,1-2H3,(H,12,15). The van der Waals surface area contributed by atoms with E-state index < -0.39 is 12.1 Å². The van der Waals surface area contributed by atoms with Crippen LogP contribution < -0.4 is 5.32 Å². The van der Waals surface area contributed by atoms with Crippen molar-refractivity contribution in [3.8, 4) is 0 Å². The number of hydrogen-bond donors (Lipinski definition) is 1. The van der Waals surface area contributed by atoms with Crippen molar-refractivity contribution in [2.45, 2.75) is 19.5 Å². The molecule has 84 valence electrons. The fraction of sp³-hybridized carbons (Fsp3) is 0.500. The third kappa shape index (κ3) is 2.71. The number of aryl methyl sites for hydroxylation is 2. The number of halogens is 3. The van der Waals surface area contributed by atoms with Gasteiger partial charge < -0.3 is 5.32 Å². The molecule has 0 atom stereocenters. The van der Waals surface area contributed by atoms with E-state index in [0.29, 0.717) is 12.1 Å². The summed E-state index contributed by atoms with van der Waals surface area (Å²) < 4.78 is 37.2. The van der Waals surface area contributed by atoms with Crippen LogP contribution in [0.25, 0.3) is 0 Å². The molecule has 0 radical (unpaired) electrons.